The van der Waals surface area contributed by atoms with Crippen LogP contribution in [-0.2, 0) is 4.74 Å². The lowest BCUT2D eigenvalue weighted by Crippen LogP contribution is -2.46. The van der Waals surface area contributed by atoms with Crippen molar-refractivity contribution in [3.8, 4) is 0 Å². The van der Waals surface area contributed by atoms with Crippen LogP contribution in [0.5, 0.6) is 0 Å². The number of ether oxygens (including phenoxy) is 1. The molecular weight excluding hydrogens is 248 g/mol. The molecule has 0 heterocycles. The first-order chi connectivity index (χ1) is 9.78. The molecule has 0 bridgehead atoms. The van der Waals surface area contributed by atoms with E-state index in [1.807, 2.05) is 7.11 Å². The van der Waals surface area contributed by atoms with Crippen LogP contribution in [0.4, 0.5) is 0 Å². The third-order valence-electron chi connectivity index (χ3n) is 5.25. The Morgan fingerprint density at radius 3 is 2.55 bits per heavy atom. The van der Waals surface area contributed by atoms with Crippen LogP contribution in [0.15, 0.2) is 0 Å². The highest BCUT2D eigenvalue weighted by Gasteiger charge is 2.35. The van der Waals surface area contributed by atoms with Gasteiger partial charge >= 0.3 is 0 Å². The average molecular weight is 282 g/mol. The third-order valence-corrected chi connectivity index (χ3v) is 5.25. The van der Waals surface area contributed by atoms with Gasteiger partial charge < -0.3 is 10.1 Å². The van der Waals surface area contributed by atoms with Gasteiger partial charge in [-0.1, -0.05) is 20.3 Å². The van der Waals surface area contributed by atoms with E-state index < -0.39 is 0 Å². The van der Waals surface area contributed by atoms with Gasteiger partial charge in [0.25, 0.3) is 0 Å². The van der Waals surface area contributed by atoms with Crippen molar-refractivity contribution < 1.29 is 4.74 Å². The molecule has 0 aromatic heterocycles. The lowest BCUT2D eigenvalue weighted by Gasteiger charge is -2.39. The normalized spacial score (nSPS) is 30.9. The lowest BCUT2D eigenvalue weighted by atomic mass is 9.76. The molecule has 2 rings (SSSR count). The van der Waals surface area contributed by atoms with E-state index in [2.05, 4.69) is 24.1 Å². The van der Waals surface area contributed by atoms with E-state index >= 15 is 0 Å². The summed E-state index contributed by atoms with van der Waals surface area (Å²) in [7, 11) is 1.82. The molecule has 3 nitrogen and oxygen atoms in total. The van der Waals surface area contributed by atoms with Gasteiger partial charge in [-0.05, 0) is 50.5 Å². The molecule has 2 aliphatic rings. The summed E-state index contributed by atoms with van der Waals surface area (Å²) in [6, 6.07) is 1.60. The fraction of sp³-hybridized carbons (Fsp3) is 1.00. The fourth-order valence-corrected chi connectivity index (χ4v) is 3.84. The van der Waals surface area contributed by atoms with E-state index in [4.69, 9.17) is 4.74 Å². The summed E-state index contributed by atoms with van der Waals surface area (Å²) in [6.07, 6.45) is 8.38. The predicted octanol–water partition coefficient (Wildman–Crippen LogP) is 2.90. The van der Waals surface area contributed by atoms with Gasteiger partial charge in [0.1, 0.15) is 0 Å². The molecular formula is C17H34N2O. The second-order valence-corrected chi connectivity index (χ2v) is 6.73. The Hall–Kier alpha value is -0.120. The van der Waals surface area contributed by atoms with Crippen LogP contribution in [0.2, 0.25) is 0 Å². The molecule has 2 aliphatic carbocycles. The lowest BCUT2D eigenvalue weighted by molar-refractivity contribution is 0.102. The molecule has 0 aliphatic heterocycles. The Morgan fingerprint density at radius 1 is 1.15 bits per heavy atom. The highest BCUT2D eigenvalue weighted by Crippen LogP contribution is 2.34. The summed E-state index contributed by atoms with van der Waals surface area (Å²) < 4.78 is 5.30. The van der Waals surface area contributed by atoms with Crippen LogP contribution in [0.25, 0.3) is 0 Å². The molecule has 20 heavy (non-hydrogen) atoms. The smallest absolute Gasteiger partial charge is 0.0589 e. The topological polar surface area (TPSA) is 24.5 Å². The maximum atomic E-state index is 5.30. The zero-order valence-electron chi connectivity index (χ0n) is 13.7. The van der Waals surface area contributed by atoms with Gasteiger partial charge in [0, 0.05) is 32.3 Å². The highest BCUT2D eigenvalue weighted by molar-refractivity contribution is 4.91. The third kappa shape index (κ3) is 4.71. The van der Waals surface area contributed by atoms with Crippen LogP contribution in [0.3, 0.4) is 0 Å². The van der Waals surface area contributed by atoms with Crippen LogP contribution in [-0.4, -0.2) is 50.3 Å². The average Bonchev–Trinajstić information content (AvgIpc) is 3.29. The molecule has 0 spiro atoms. The quantitative estimate of drug-likeness (QED) is 0.704. The van der Waals surface area contributed by atoms with Crippen molar-refractivity contribution >= 4 is 0 Å². The number of methoxy groups -OCH3 is 1. The predicted molar refractivity (Wildman–Crippen MR) is 85.1 cm³/mol. The van der Waals surface area contributed by atoms with Gasteiger partial charge in [-0.2, -0.15) is 0 Å². The first-order valence-corrected chi connectivity index (χ1v) is 8.74. The Labute approximate surface area is 125 Å². The molecule has 0 amide bonds. The molecule has 118 valence electrons. The number of rotatable bonds is 9. The van der Waals surface area contributed by atoms with Crippen molar-refractivity contribution in [1.82, 2.24) is 10.2 Å². The maximum Gasteiger partial charge on any atom is 0.0589 e. The molecule has 0 aromatic carbocycles. The Morgan fingerprint density at radius 2 is 1.95 bits per heavy atom. The first kappa shape index (κ1) is 16.3. The SMILES string of the molecule is CCNC1CCC(CC)CC1CN(CCOC)C1CC1. The Bertz CT molecular complexity index is 268. The number of hydrogen-bond acceptors (Lipinski definition) is 3. The number of nitrogens with one attached hydrogen (secondary N) is 1. The number of nitrogens with zero attached hydrogens (tertiary/aromatic N) is 1. The van der Waals surface area contributed by atoms with E-state index in [0.29, 0.717) is 0 Å². The van der Waals surface area contributed by atoms with Gasteiger partial charge in [-0.15, -0.1) is 0 Å². The van der Waals surface area contributed by atoms with E-state index in [1.54, 1.807) is 0 Å². The standard InChI is InChI=1S/C17H34N2O/c1-4-14-6-9-17(18-5-2)15(12-14)13-19(10-11-20-3)16-7-8-16/h14-18H,4-13H2,1-3H3. The van der Waals surface area contributed by atoms with E-state index in [0.717, 1.165) is 43.6 Å². The van der Waals surface area contributed by atoms with Crippen molar-refractivity contribution in [3.05, 3.63) is 0 Å². The molecule has 3 atom stereocenters. The Balaban J connectivity index is 1.89. The summed E-state index contributed by atoms with van der Waals surface area (Å²) in [4.78, 5) is 2.70. The Kier molecular flexibility index (Phi) is 6.79. The monoisotopic (exact) mass is 282 g/mol. The van der Waals surface area contributed by atoms with Gasteiger partial charge in [0.05, 0.1) is 6.61 Å². The summed E-state index contributed by atoms with van der Waals surface area (Å²) in [5, 5.41) is 3.74. The summed E-state index contributed by atoms with van der Waals surface area (Å²) in [6.45, 7) is 8.99. The second-order valence-electron chi connectivity index (χ2n) is 6.73. The van der Waals surface area contributed by atoms with Crippen LogP contribution < -0.4 is 5.32 Å². The minimum atomic E-state index is 0.742. The second kappa shape index (κ2) is 8.35. The van der Waals surface area contributed by atoms with Crippen LogP contribution in [0.1, 0.15) is 52.4 Å². The molecule has 3 unspecified atom stereocenters. The number of hydrogen-bond donors (Lipinski definition) is 1. The van der Waals surface area contributed by atoms with Gasteiger partial charge in [0.15, 0.2) is 0 Å². The summed E-state index contributed by atoms with van der Waals surface area (Å²) in [5.74, 6) is 1.80. The first-order valence-electron chi connectivity index (χ1n) is 8.74. The van der Waals surface area contributed by atoms with E-state index in [1.165, 1.54) is 45.1 Å². The van der Waals surface area contributed by atoms with Crippen LogP contribution >= 0.6 is 0 Å². The van der Waals surface area contributed by atoms with Crippen molar-refractivity contribution in [2.75, 3.05) is 33.4 Å². The molecule has 2 fully saturated rings. The van der Waals surface area contributed by atoms with Gasteiger partial charge in [-0.25, -0.2) is 0 Å². The molecule has 1 N–H and O–H groups in total. The molecule has 2 saturated carbocycles. The van der Waals surface area contributed by atoms with E-state index in [9.17, 15) is 0 Å². The fourth-order valence-electron chi connectivity index (χ4n) is 3.84. The van der Waals surface area contributed by atoms with Crippen molar-refractivity contribution in [2.24, 2.45) is 11.8 Å². The van der Waals surface area contributed by atoms with Crippen molar-refractivity contribution in [2.45, 2.75) is 64.5 Å². The minimum Gasteiger partial charge on any atom is -0.383 e. The summed E-state index contributed by atoms with van der Waals surface area (Å²) >= 11 is 0. The largest absolute Gasteiger partial charge is 0.383 e. The molecule has 0 saturated heterocycles. The molecule has 3 heteroatoms. The zero-order chi connectivity index (χ0) is 14.4. The molecule has 0 radical (unpaired) electrons. The van der Waals surface area contributed by atoms with E-state index in [-0.39, 0.29) is 0 Å². The molecule has 0 aromatic rings. The summed E-state index contributed by atoms with van der Waals surface area (Å²) in [5.41, 5.74) is 0. The van der Waals surface area contributed by atoms with Crippen molar-refractivity contribution in [3.63, 3.8) is 0 Å². The highest BCUT2D eigenvalue weighted by atomic mass is 16.5. The van der Waals surface area contributed by atoms with Crippen LogP contribution in [0, 0.1) is 11.8 Å². The minimum absolute atomic E-state index is 0.742. The zero-order valence-corrected chi connectivity index (χ0v) is 13.7. The van der Waals surface area contributed by atoms with Gasteiger partial charge in [-0.3, -0.25) is 4.90 Å². The van der Waals surface area contributed by atoms with Gasteiger partial charge in [0.2, 0.25) is 0 Å². The maximum absolute atomic E-state index is 5.30. The van der Waals surface area contributed by atoms with Crippen molar-refractivity contribution in [1.29, 1.82) is 0 Å².